The van der Waals surface area contributed by atoms with Crippen molar-refractivity contribution < 1.29 is 34.7 Å². The Morgan fingerprint density at radius 1 is 0.407 bits per heavy atom. The van der Waals surface area contributed by atoms with Crippen LogP contribution in [0.15, 0.2) is 237 Å². The zero-order valence-electron chi connectivity index (χ0n) is 88.7. The Balaban J connectivity index is -0.000000148. The first-order chi connectivity index (χ1) is 66.6. The average molecular weight is 1940 g/mol. The first kappa shape index (κ1) is 143. The predicted molar refractivity (Wildman–Crippen MR) is 621 cm³/mol. The number of nitrogens with one attached hydrogen (secondary N) is 1. The number of likely N-dealkylation sites (tertiary alicyclic amines) is 3. The van der Waals surface area contributed by atoms with Gasteiger partial charge in [0, 0.05) is 209 Å². The van der Waals surface area contributed by atoms with Gasteiger partial charge >= 0.3 is 0 Å². The molecular formula is C122H200N12O6. The van der Waals surface area contributed by atoms with Gasteiger partial charge in [-0.3, -0.25) is 38.8 Å². The average Bonchev–Trinajstić information content (AvgIpc) is 1.43. The Bertz CT molecular complexity index is 4790. The lowest BCUT2D eigenvalue weighted by Gasteiger charge is -2.32. The molecule has 0 spiro atoms. The third-order valence-electron chi connectivity index (χ3n) is 19.3. The van der Waals surface area contributed by atoms with Crippen molar-refractivity contribution in [3.8, 4) is 53.1 Å². The van der Waals surface area contributed by atoms with Gasteiger partial charge in [-0.2, -0.15) is 0 Å². The highest BCUT2D eigenvalue weighted by Gasteiger charge is 2.25. The van der Waals surface area contributed by atoms with Crippen molar-refractivity contribution in [2.75, 3.05) is 105 Å². The molecular weight excluding hydrogens is 1730 g/mol. The van der Waals surface area contributed by atoms with Crippen LogP contribution in [-0.4, -0.2) is 175 Å². The molecule has 4 fully saturated rings. The number of pyridine rings is 1. The number of ether oxygens (including phenoxy) is 1. The molecule has 4 aliphatic heterocycles. The molecule has 7 aromatic carbocycles. The van der Waals surface area contributed by atoms with Gasteiger partial charge < -0.3 is 47.9 Å². The van der Waals surface area contributed by atoms with Crippen molar-refractivity contribution >= 4 is 28.9 Å². The van der Waals surface area contributed by atoms with Crippen molar-refractivity contribution in [2.24, 2.45) is 22.9 Å². The van der Waals surface area contributed by atoms with Crippen molar-refractivity contribution in [1.29, 1.82) is 0 Å². The molecule has 784 valence electrons. The molecule has 8 aromatic rings. The summed E-state index contributed by atoms with van der Waals surface area (Å²) in [6.07, 6.45) is 19.0. The van der Waals surface area contributed by atoms with E-state index in [1.807, 2.05) is 287 Å². The van der Waals surface area contributed by atoms with E-state index in [1.165, 1.54) is 74.4 Å². The van der Waals surface area contributed by atoms with Crippen LogP contribution in [0.25, 0.3) is 0 Å². The summed E-state index contributed by atoms with van der Waals surface area (Å²) in [6, 6.07) is 58.5. The summed E-state index contributed by atoms with van der Waals surface area (Å²) in [5.74, 6) is 23.9. The van der Waals surface area contributed by atoms with Crippen LogP contribution >= 0.6 is 0 Å². The number of amides is 1. The van der Waals surface area contributed by atoms with Crippen LogP contribution in [0.2, 0.25) is 0 Å². The number of benzene rings is 7. The summed E-state index contributed by atoms with van der Waals surface area (Å²) in [5.41, 5.74) is 34.1. The molecule has 18 nitrogen and oxygen atoms in total. The summed E-state index contributed by atoms with van der Waals surface area (Å²) in [6.45, 7) is 63.1. The van der Waals surface area contributed by atoms with E-state index in [2.05, 4.69) is 157 Å². The molecule has 0 saturated carbocycles. The number of carbonyl (C=O) groups excluding carboxylic acids is 4. The van der Waals surface area contributed by atoms with Crippen LogP contribution in [0.3, 0.4) is 0 Å². The number of piperazine rings is 1. The molecule has 1 amide bonds. The summed E-state index contributed by atoms with van der Waals surface area (Å²) in [5, 5.41) is 12.5. The van der Waals surface area contributed by atoms with Crippen molar-refractivity contribution in [1.82, 2.24) is 34.4 Å². The van der Waals surface area contributed by atoms with Gasteiger partial charge in [0.2, 0.25) is 0 Å². The fourth-order valence-electron chi connectivity index (χ4n) is 13.0. The summed E-state index contributed by atoms with van der Waals surface area (Å²) < 4.78 is 5.82. The molecule has 5 heterocycles. The van der Waals surface area contributed by atoms with Gasteiger partial charge in [-0.15, -0.1) is 0 Å². The number of hydrogen-bond donors (Lipinski definition) is 6. The molecule has 12 rings (SSSR count). The Hall–Kier alpha value is -11.9. The Morgan fingerprint density at radius 2 is 0.750 bits per heavy atom. The minimum atomic E-state index is -0.226. The lowest BCUT2D eigenvalue weighted by molar-refractivity contribution is 0.0984. The number of hydrogen-bond acceptors (Lipinski definition) is 17. The van der Waals surface area contributed by atoms with Gasteiger partial charge in [-0.1, -0.05) is 347 Å². The molecule has 4 saturated heterocycles. The highest BCUT2D eigenvalue weighted by molar-refractivity contribution is 6.04. The first-order valence-electron chi connectivity index (χ1n) is 50.2. The minimum absolute atomic E-state index is 0. The van der Waals surface area contributed by atoms with Gasteiger partial charge in [-0.05, 0) is 172 Å². The number of anilines is 1. The highest BCUT2D eigenvalue weighted by atomic mass is 16.5. The van der Waals surface area contributed by atoms with E-state index in [4.69, 9.17) is 27.7 Å². The van der Waals surface area contributed by atoms with Crippen LogP contribution < -0.4 is 33.0 Å². The zero-order valence-corrected chi connectivity index (χ0v) is 88.7. The molecule has 0 aliphatic carbocycles. The zero-order chi connectivity index (χ0) is 103. The van der Waals surface area contributed by atoms with Crippen LogP contribution in [0.5, 0.6) is 5.75 Å². The number of allylic oxidation sites excluding steroid dienone is 4. The van der Waals surface area contributed by atoms with Gasteiger partial charge in [0.1, 0.15) is 18.1 Å². The maximum atomic E-state index is 12.7. The number of Topliss-reactive ketones (excluding diaryl/α,β-unsaturated/α-hetero) is 3. The minimum Gasteiger partial charge on any atom is -0.492 e. The first-order valence-corrected chi connectivity index (χ1v) is 50.2. The van der Waals surface area contributed by atoms with E-state index >= 15 is 0 Å². The summed E-state index contributed by atoms with van der Waals surface area (Å²) in [4.78, 5) is 68.7. The molecule has 2 atom stereocenters. The summed E-state index contributed by atoms with van der Waals surface area (Å²) >= 11 is 0. The lowest BCUT2D eigenvalue weighted by Crippen LogP contribution is -2.43. The van der Waals surface area contributed by atoms with Crippen LogP contribution in [-0.2, 0) is 38.9 Å². The van der Waals surface area contributed by atoms with Gasteiger partial charge in [0.25, 0.3) is 5.91 Å². The number of carbonyl (C=O) groups is 4. The number of likely N-dealkylation sites (N-methyl/N-ethyl adjacent to an activating group) is 2. The smallest absolute Gasteiger partial charge is 0.255 e. The van der Waals surface area contributed by atoms with E-state index in [0.29, 0.717) is 72.1 Å². The molecule has 0 radical (unpaired) electrons. The number of β-amino-alcohol motifs (C(OH)–C–C–N with tert-alkyl or cyclic N) is 1. The lowest BCUT2D eigenvalue weighted by atomic mass is 10.0. The van der Waals surface area contributed by atoms with Crippen LogP contribution in [0, 0.1) is 47.4 Å². The number of nitrogens with zero attached hydrogens (tertiary/aromatic N) is 7. The highest BCUT2D eigenvalue weighted by Crippen LogP contribution is 2.22. The largest absolute Gasteiger partial charge is 0.492 e. The third-order valence-corrected chi connectivity index (χ3v) is 19.3. The molecule has 18 heteroatoms. The maximum absolute atomic E-state index is 12.7. The van der Waals surface area contributed by atoms with Gasteiger partial charge in [0.05, 0.1) is 6.10 Å². The summed E-state index contributed by atoms with van der Waals surface area (Å²) in [7, 11) is 6.47. The van der Waals surface area contributed by atoms with Crippen LogP contribution in [0.1, 0.15) is 324 Å². The fourth-order valence-corrected chi connectivity index (χ4v) is 13.0. The molecule has 140 heavy (non-hydrogen) atoms. The number of rotatable bonds is 22. The topological polar surface area (TPSA) is 246 Å². The second-order valence-corrected chi connectivity index (χ2v) is 28.2. The Kier molecular flexibility index (Phi) is 99.7. The second-order valence-electron chi connectivity index (χ2n) is 28.2. The number of ketones is 3. The molecule has 0 bridgehead atoms. The standard InChI is InChI=1S/C25H29N3O.C24H27N3O.C24H26N2O2.C21H22N4O2.12C2H6.4CH4.4H2/c1-27(2)24-13-15-28(19-24)18-22-11-9-21(10-12-22)17-25(29)23-8-5-7-20(16-23)6-3-4-14-26;1-26-13-15-27(16-14-26)19-22-10-8-21(9-11-22)18-24(28)23-7-4-6-20(17-23)5-2-3-12-25;25-13-2-1-6-20-7-5-8-22(18-20)24(27)19-21-9-11-23(12-10-21)28-17-16-26-14-3-4-15-26;22-10-2-1-3-18-13-19(8-11-23-18)24-21(27)17-6-4-16(5-7-17)14-25-12-9-20(26)15-25;12*1-2;;;;;;;;/h4-5,7-12,14,16,24H,13,15,17-19,26H2,1-2H3;3-4,6-12,17H,13-16,18-19,25H2,1H3;2,5,7-13,18H,3-4,14-17,19,25H2;2,4-8,10-11,13,20,26H,9,12,14-15,22H2,(H,23,24,27);12*1-2H3;4*1H4;4*1H/b14-4+;12-3+;13-2+;10-2+;;;;;;;;;;;;;;;;;;;;/t24-;;;20-;;;;;;;;;;;;;;;;;;;;/m1..1..................../s1/i;;;;;;;;;;;;;;;;;;;;4*1+2. The predicted octanol–water partition coefficient (Wildman–Crippen LogP) is 26.7. The van der Waals surface area contributed by atoms with E-state index in [-0.39, 0.29) is 64.8 Å². The van der Waals surface area contributed by atoms with Crippen molar-refractivity contribution in [3.63, 3.8) is 0 Å². The Morgan fingerprint density at radius 3 is 1.11 bits per heavy atom. The maximum Gasteiger partial charge on any atom is 0.255 e. The molecule has 4 aliphatic rings. The number of aliphatic hydroxyl groups is 1. The third kappa shape index (κ3) is 62.9. The molecule has 10 N–H and O–H groups in total. The van der Waals surface area contributed by atoms with Gasteiger partial charge in [-0.25, -0.2) is 4.98 Å². The van der Waals surface area contributed by atoms with Crippen molar-refractivity contribution in [2.45, 2.75) is 273 Å². The molecule has 1 aromatic heterocycles. The quantitative estimate of drug-likeness (QED) is 0.0273. The van der Waals surface area contributed by atoms with Gasteiger partial charge in [0.15, 0.2) is 17.3 Å². The van der Waals surface area contributed by atoms with Crippen molar-refractivity contribution in [3.05, 3.63) is 315 Å². The normalized spacial score (nSPS) is 13.1. The van der Waals surface area contributed by atoms with E-state index in [0.717, 1.165) is 123 Å². The van der Waals surface area contributed by atoms with Crippen LogP contribution in [0.4, 0.5) is 5.69 Å². The number of aromatic nitrogens is 1. The molecule has 0 unspecified atom stereocenters. The monoisotopic (exact) mass is 1940 g/mol. The fraction of sp³-hybridized carbons (Fsp3) is 0.451. The van der Waals surface area contributed by atoms with E-state index in [9.17, 15) is 24.3 Å². The Labute approximate surface area is 862 Å². The van der Waals surface area contributed by atoms with E-state index in [1.54, 1.807) is 36.6 Å². The number of aliphatic hydroxyl groups excluding tert-OH is 1. The second kappa shape index (κ2) is 97.3. The van der Waals surface area contributed by atoms with E-state index < -0.39 is 0 Å². The number of nitrogens with two attached hydrogens (primary N) is 4. The SMILES string of the molecule is C.C.C.C.CC.CC.CC.CC.CC.CC.CC.CC.CC.CC.CC.CC.CN(C)[C@@H]1CCN(Cc2ccc(CC(=O)c3cccc(C#C/C=C/N)c3)cc2)C1.CN1CCN(Cc2ccc(CC(=O)c3cccc(C#C/C=C/N)c3)cc2)CC1.N/C=C/C#Cc1cc(NC(=O)c2ccc(CN3CC[C@@H](O)C3)cc2)ccn1.N/C=C/C#Cc1cccc(C(=O)Cc2ccc(OCCN3CCCC3)cc2)c1.[3HH].[3HH].[3HH].[3HH].